The van der Waals surface area contributed by atoms with Crippen LogP contribution in [0, 0.1) is 0 Å². The number of ether oxygens (including phenoxy) is 1. The van der Waals surface area contributed by atoms with Crippen molar-refractivity contribution in [3.63, 3.8) is 0 Å². The van der Waals surface area contributed by atoms with E-state index in [1.165, 1.54) is 43.4 Å². The number of fused-ring (bicyclic) bond motifs is 2. The second-order valence-corrected chi connectivity index (χ2v) is 8.13. The molecule has 2 N–H and O–H groups in total. The molecule has 6 heteroatoms. The van der Waals surface area contributed by atoms with E-state index in [1.807, 2.05) is 0 Å². The second kappa shape index (κ2) is 11.6. The summed E-state index contributed by atoms with van der Waals surface area (Å²) in [6.45, 7) is 4.19. The molecule has 0 aromatic heterocycles. The molecule has 2 fully saturated rings. The summed E-state index contributed by atoms with van der Waals surface area (Å²) in [5.41, 5.74) is 4.04. The van der Waals surface area contributed by atoms with Crippen molar-refractivity contribution in [3.8, 4) is 0 Å². The molecule has 2 aliphatic rings. The van der Waals surface area contributed by atoms with Crippen LogP contribution in [0.5, 0.6) is 0 Å². The fraction of sp³-hybridized carbons (Fsp3) is 0.385. The number of hydrogen-bond donors (Lipinski definition) is 2. The van der Waals surface area contributed by atoms with Crippen LogP contribution >= 0.6 is 0 Å². The third-order valence-corrected chi connectivity index (χ3v) is 6.15. The fourth-order valence-electron chi connectivity index (χ4n) is 4.73. The number of carboxylic acid groups (broad SMARTS) is 2. The van der Waals surface area contributed by atoms with Gasteiger partial charge < -0.3 is 14.9 Å². The molecule has 0 spiro atoms. The van der Waals surface area contributed by atoms with E-state index in [4.69, 9.17) is 24.5 Å². The zero-order valence-corrected chi connectivity index (χ0v) is 18.4. The summed E-state index contributed by atoms with van der Waals surface area (Å²) in [5.74, 6) is -3.65. The highest BCUT2D eigenvalue weighted by atomic mass is 16.5. The van der Waals surface area contributed by atoms with Gasteiger partial charge in [-0.05, 0) is 43.4 Å². The zero-order chi connectivity index (χ0) is 22.9. The van der Waals surface area contributed by atoms with Crippen LogP contribution in [0.25, 0.3) is 0 Å². The summed E-state index contributed by atoms with van der Waals surface area (Å²) in [5, 5.41) is 14.8. The SMILES string of the molecule is CCN1[C@@H]2CC[C@H]1CC(=CCOC(c1ccccc1)c1ccccc1)C2.O=C(O)C(=O)O. The summed E-state index contributed by atoms with van der Waals surface area (Å²) in [4.78, 5) is 20.9. The molecule has 2 atom stereocenters. The molecule has 2 aromatic rings. The van der Waals surface area contributed by atoms with E-state index in [1.54, 1.807) is 5.57 Å². The first kappa shape index (κ1) is 23.7. The molecule has 2 aliphatic heterocycles. The molecule has 0 unspecified atom stereocenters. The Labute approximate surface area is 189 Å². The average Bonchev–Trinajstić information content (AvgIpc) is 3.06. The normalized spacial score (nSPS) is 21.2. The topological polar surface area (TPSA) is 87.1 Å². The Morgan fingerprint density at radius 1 is 0.938 bits per heavy atom. The van der Waals surface area contributed by atoms with Crippen molar-refractivity contribution in [1.29, 1.82) is 0 Å². The van der Waals surface area contributed by atoms with Crippen LogP contribution in [0.2, 0.25) is 0 Å². The molecule has 170 valence electrons. The minimum Gasteiger partial charge on any atom is -0.473 e. The van der Waals surface area contributed by atoms with Gasteiger partial charge >= 0.3 is 11.9 Å². The van der Waals surface area contributed by atoms with E-state index in [9.17, 15) is 0 Å². The predicted octanol–water partition coefficient (Wildman–Crippen LogP) is 4.52. The van der Waals surface area contributed by atoms with Gasteiger partial charge in [-0.3, -0.25) is 4.90 Å². The Kier molecular flexibility index (Phi) is 8.59. The molecule has 2 aromatic carbocycles. The quantitative estimate of drug-likeness (QED) is 0.510. The molecule has 2 heterocycles. The minimum atomic E-state index is -1.82. The molecular formula is C26H31NO5. The van der Waals surface area contributed by atoms with Crippen LogP contribution in [0.1, 0.15) is 49.8 Å². The molecular weight excluding hydrogens is 406 g/mol. The highest BCUT2D eigenvalue weighted by Crippen LogP contribution is 2.38. The minimum absolute atomic E-state index is 0.00158. The number of carbonyl (C=O) groups is 2. The van der Waals surface area contributed by atoms with Crippen molar-refractivity contribution in [2.75, 3.05) is 13.2 Å². The Morgan fingerprint density at radius 2 is 1.41 bits per heavy atom. The first-order valence-electron chi connectivity index (χ1n) is 11.1. The number of nitrogens with zero attached hydrogens (tertiary/aromatic N) is 1. The number of hydrogen-bond acceptors (Lipinski definition) is 4. The summed E-state index contributed by atoms with van der Waals surface area (Å²) >= 11 is 0. The fourth-order valence-corrected chi connectivity index (χ4v) is 4.73. The zero-order valence-electron chi connectivity index (χ0n) is 18.4. The summed E-state index contributed by atoms with van der Waals surface area (Å²) in [6, 6.07) is 22.6. The number of piperidine rings is 1. The van der Waals surface area contributed by atoms with E-state index in [0.717, 1.165) is 12.1 Å². The lowest BCUT2D eigenvalue weighted by molar-refractivity contribution is -0.159. The lowest BCUT2D eigenvalue weighted by Gasteiger charge is -2.35. The lowest BCUT2D eigenvalue weighted by atomic mass is 9.96. The molecule has 0 aliphatic carbocycles. The van der Waals surface area contributed by atoms with Gasteiger partial charge in [-0.15, -0.1) is 0 Å². The van der Waals surface area contributed by atoms with Gasteiger partial charge in [-0.1, -0.05) is 79.2 Å². The largest absolute Gasteiger partial charge is 0.473 e. The summed E-state index contributed by atoms with van der Waals surface area (Å²) < 4.78 is 6.37. The summed E-state index contributed by atoms with van der Waals surface area (Å²) in [6.07, 6.45) is 7.56. The lowest BCUT2D eigenvalue weighted by Crippen LogP contribution is -2.40. The van der Waals surface area contributed by atoms with Gasteiger partial charge in [-0.25, -0.2) is 9.59 Å². The maximum Gasteiger partial charge on any atom is 0.414 e. The maximum atomic E-state index is 9.10. The van der Waals surface area contributed by atoms with Crippen LogP contribution in [0.4, 0.5) is 0 Å². The molecule has 4 rings (SSSR count). The van der Waals surface area contributed by atoms with Crippen LogP contribution in [0.15, 0.2) is 72.3 Å². The van der Waals surface area contributed by atoms with E-state index in [2.05, 4.69) is 78.6 Å². The van der Waals surface area contributed by atoms with Crippen molar-refractivity contribution in [1.82, 2.24) is 4.90 Å². The van der Waals surface area contributed by atoms with Gasteiger partial charge in [0.05, 0.1) is 6.61 Å². The van der Waals surface area contributed by atoms with Crippen molar-refractivity contribution < 1.29 is 24.5 Å². The first-order chi connectivity index (χ1) is 15.5. The third kappa shape index (κ3) is 6.28. The Balaban J connectivity index is 0.000000427. The monoisotopic (exact) mass is 437 g/mol. The second-order valence-electron chi connectivity index (χ2n) is 8.13. The number of aliphatic carboxylic acids is 2. The van der Waals surface area contributed by atoms with Crippen molar-refractivity contribution in [2.24, 2.45) is 0 Å². The molecule has 0 saturated carbocycles. The van der Waals surface area contributed by atoms with E-state index < -0.39 is 11.9 Å². The number of benzene rings is 2. The Bertz CT molecular complexity index is 845. The molecule has 0 amide bonds. The van der Waals surface area contributed by atoms with Crippen molar-refractivity contribution in [3.05, 3.63) is 83.4 Å². The van der Waals surface area contributed by atoms with Crippen LogP contribution < -0.4 is 0 Å². The van der Waals surface area contributed by atoms with Crippen LogP contribution in [-0.4, -0.2) is 52.3 Å². The third-order valence-electron chi connectivity index (χ3n) is 6.15. The highest BCUT2D eigenvalue weighted by Gasteiger charge is 2.37. The number of rotatable bonds is 6. The van der Waals surface area contributed by atoms with Gasteiger partial charge in [0.2, 0.25) is 0 Å². The van der Waals surface area contributed by atoms with Crippen molar-refractivity contribution >= 4 is 11.9 Å². The van der Waals surface area contributed by atoms with Gasteiger partial charge in [0.25, 0.3) is 0 Å². The molecule has 0 radical (unpaired) electrons. The number of carboxylic acids is 2. The maximum absolute atomic E-state index is 9.10. The van der Waals surface area contributed by atoms with Crippen molar-refractivity contribution in [2.45, 2.75) is 50.8 Å². The van der Waals surface area contributed by atoms with Crippen LogP contribution in [0.3, 0.4) is 0 Å². The smallest absolute Gasteiger partial charge is 0.414 e. The Morgan fingerprint density at radius 3 is 1.81 bits per heavy atom. The van der Waals surface area contributed by atoms with Gasteiger partial charge in [-0.2, -0.15) is 0 Å². The average molecular weight is 438 g/mol. The molecule has 2 saturated heterocycles. The van der Waals surface area contributed by atoms with E-state index in [0.29, 0.717) is 6.61 Å². The molecule has 32 heavy (non-hydrogen) atoms. The van der Waals surface area contributed by atoms with Gasteiger partial charge in [0, 0.05) is 12.1 Å². The molecule has 6 nitrogen and oxygen atoms in total. The van der Waals surface area contributed by atoms with E-state index in [-0.39, 0.29) is 6.10 Å². The Hall–Kier alpha value is -2.96. The van der Waals surface area contributed by atoms with E-state index >= 15 is 0 Å². The summed E-state index contributed by atoms with van der Waals surface area (Å²) in [7, 11) is 0. The standard InChI is InChI=1S/C24H29NO.C2H2O4/c1-2-25-22-13-14-23(25)18-19(17-22)15-16-26-24(20-9-5-3-6-10-20)21-11-7-4-8-12-21;3-1(4)2(5)6/h3-12,15,22-24H,2,13-14,16-18H2,1H3;(H,3,4)(H,5,6)/t22-,23+;. The highest BCUT2D eigenvalue weighted by molar-refractivity contribution is 6.27. The van der Waals surface area contributed by atoms with Gasteiger partial charge in [0.1, 0.15) is 6.10 Å². The van der Waals surface area contributed by atoms with Gasteiger partial charge in [0.15, 0.2) is 0 Å². The molecule has 2 bridgehead atoms. The predicted molar refractivity (Wildman–Crippen MR) is 122 cm³/mol. The van der Waals surface area contributed by atoms with Crippen LogP contribution in [-0.2, 0) is 14.3 Å². The first-order valence-corrected chi connectivity index (χ1v) is 11.1.